The zero-order valence-corrected chi connectivity index (χ0v) is 11.4. The molecule has 1 aromatic heterocycles. The van der Waals surface area contributed by atoms with Crippen LogP contribution in [-0.4, -0.2) is 29.1 Å². The van der Waals surface area contributed by atoms with Crippen molar-refractivity contribution < 1.29 is 19.4 Å². The van der Waals surface area contributed by atoms with Crippen molar-refractivity contribution in [3.05, 3.63) is 59.4 Å². The lowest BCUT2D eigenvalue weighted by molar-refractivity contribution is 0.0690. The van der Waals surface area contributed by atoms with Crippen molar-refractivity contribution in [1.82, 2.24) is 4.98 Å². The molecule has 0 radical (unpaired) electrons. The Kier molecular flexibility index (Phi) is 4.63. The van der Waals surface area contributed by atoms with Crippen LogP contribution in [0, 0.1) is 0 Å². The molecule has 0 aliphatic heterocycles. The van der Waals surface area contributed by atoms with Gasteiger partial charge < -0.3 is 15.2 Å². The third-order valence-electron chi connectivity index (χ3n) is 2.81. The largest absolute Gasteiger partial charge is 0.477 e. The predicted molar refractivity (Wildman–Crippen MR) is 76.3 cm³/mol. The minimum atomic E-state index is -1.13. The van der Waals surface area contributed by atoms with Crippen LogP contribution in [0.2, 0.25) is 0 Å². The van der Waals surface area contributed by atoms with E-state index in [1.807, 2.05) is 12.1 Å². The molecule has 2 N–H and O–H groups in total. The topological polar surface area (TPSA) is 88.5 Å². The minimum Gasteiger partial charge on any atom is -0.477 e. The summed E-state index contributed by atoms with van der Waals surface area (Å²) in [5.41, 5.74) is 1.67. The Morgan fingerprint density at radius 2 is 2.00 bits per heavy atom. The van der Waals surface area contributed by atoms with Gasteiger partial charge in [-0.2, -0.15) is 0 Å². The fourth-order valence-corrected chi connectivity index (χ4v) is 1.77. The number of anilines is 1. The lowest BCUT2D eigenvalue weighted by Crippen LogP contribution is -2.14. The second-order valence-electron chi connectivity index (χ2n) is 4.28. The highest BCUT2D eigenvalue weighted by atomic mass is 16.5. The molecule has 6 heteroatoms. The lowest BCUT2D eigenvalue weighted by Gasteiger charge is -2.10. The molecule has 0 spiro atoms. The first-order valence-electron chi connectivity index (χ1n) is 6.19. The van der Waals surface area contributed by atoms with Crippen molar-refractivity contribution in [2.45, 2.75) is 6.61 Å². The highest BCUT2D eigenvalue weighted by Gasteiger charge is 2.11. The maximum absolute atomic E-state index is 12.1. The molecule has 0 fully saturated rings. The number of benzene rings is 1. The van der Waals surface area contributed by atoms with Gasteiger partial charge in [-0.05, 0) is 18.2 Å². The number of aromatic nitrogens is 1. The first kappa shape index (κ1) is 14.7. The van der Waals surface area contributed by atoms with Crippen molar-refractivity contribution >= 4 is 17.6 Å². The number of amides is 1. The van der Waals surface area contributed by atoms with Crippen LogP contribution >= 0.6 is 0 Å². The lowest BCUT2D eigenvalue weighted by atomic mass is 10.1. The Balaban J connectivity index is 2.16. The summed E-state index contributed by atoms with van der Waals surface area (Å²) in [4.78, 5) is 26.5. The Bertz CT molecular complexity index is 653. The quantitative estimate of drug-likeness (QED) is 0.879. The van der Waals surface area contributed by atoms with Gasteiger partial charge in [0.15, 0.2) is 0 Å². The number of carbonyl (C=O) groups is 2. The normalized spacial score (nSPS) is 10.1. The second-order valence-corrected chi connectivity index (χ2v) is 4.28. The summed E-state index contributed by atoms with van der Waals surface area (Å²) in [7, 11) is 1.58. The molecule has 0 saturated heterocycles. The number of para-hydroxylation sites is 1. The summed E-state index contributed by atoms with van der Waals surface area (Å²) < 4.78 is 5.07. The molecule has 0 aliphatic rings. The number of hydrogen-bond donors (Lipinski definition) is 2. The van der Waals surface area contributed by atoms with E-state index in [0.29, 0.717) is 12.3 Å². The highest BCUT2D eigenvalue weighted by molar-refractivity contribution is 6.04. The van der Waals surface area contributed by atoms with Gasteiger partial charge in [0.2, 0.25) is 0 Å². The molecule has 2 rings (SSSR count). The number of ether oxygens (including phenoxy) is 1. The van der Waals surface area contributed by atoms with E-state index in [2.05, 4.69) is 10.3 Å². The van der Waals surface area contributed by atoms with E-state index < -0.39 is 5.97 Å². The van der Waals surface area contributed by atoms with Crippen molar-refractivity contribution in [3.8, 4) is 0 Å². The number of hydrogen-bond acceptors (Lipinski definition) is 4. The summed E-state index contributed by atoms with van der Waals surface area (Å²) in [6.07, 6.45) is 1.23. The summed E-state index contributed by atoms with van der Waals surface area (Å²) in [5.74, 6) is -1.49. The third kappa shape index (κ3) is 3.64. The smallest absolute Gasteiger partial charge is 0.354 e. The Hall–Kier alpha value is -2.73. The Labute approximate surface area is 121 Å². The fourth-order valence-electron chi connectivity index (χ4n) is 1.77. The molecular formula is C15H14N2O4. The van der Waals surface area contributed by atoms with E-state index >= 15 is 0 Å². The zero-order valence-electron chi connectivity index (χ0n) is 11.4. The molecule has 2 aromatic rings. The summed E-state index contributed by atoms with van der Waals surface area (Å²) in [6.45, 7) is 0.382. The fraction of sp³-hybridized carbons (Fsp3) is 0.133. The van der Waals surface area contributed by atoms with Crippen LogP contribution in [0.5, 0.6) is 0 Å². The van der Waals surface area contributed by atoms with Gasteiger partial charge in [0, 0.05) is 24.6 Å². The Morgan fingerprint density at radius 3 is 2.62 bits per heavy atom. The zero-order chi connectivity index (χ0) is 15.2. The van der Waals surface area contributed by atoms with Crippen molar-refractivity contribution in [2.75, 3.05) is 12.4 Å². The van der Waals surface area contributed by atoms with E-state index in [4.69, 9.17) is 9.84 Å². The van der Waals surface area contributed by atoms with E-state index in [-0.39, 0.29) is 17.2 Å². The second kappa shape index (κ2) is 6.62. The van der Waals surface area contributed by atoms with Gasteiger partial charge in [-0.25, -0.2) is 9.78 Å². The standard InChI is InChI=1S/C15H14N2O4/c1-21-9-11-4-2-3-5-12(11)17-14(18)10-6-7-13(15(19)20)16-8-10/h2-8H,9H2,1H3,(H,17,18)(H,19,20). The Morgan fingerprint density at radius 1 is 1.24 bits per heavy atom. The molecule has 1 amide bonds. The molecule has 1 heterocycles. The van der Waals surface area contributed by atoms with Crippen LogP contribution in [0.25, 0.3) is 0 Å². The first-order chi connectivity index (χ1) is 10.1. The van der Waals surface area contributed by atoms with Gasteiger partial charge >= 0.3 is 5.97 Å². The van der Waals surface area contributed by atoms with Crippen molar-refractivity contribution in [3.63, 3.8) is 0 Å². The maximum Gasteiger partial charge on any atom is 0.354 e. The van der Waals surface area contributed by atoms with E-state index in [1.54, 1.807) is 19.2 Å². The van der Waals surface area contributed by atoms with Gasteiger partial charge in [-0.1, -0.05) is 18.2 Å². The molecule has 0 atom stereocenters. The number of carbonyl (C=O) groups excluding carboxylic acids is 1. The van der Waals surface area contributed by atoms with Crippen LogP contribution in [0.4, 0.5) is 5.69 Å². The van der Waals surface area contributed by atoms with Crippen LogP contribution in [0.1, 0.15) is 26.4 Å². The molecule has 6 nitrogen and oxygen atoms in total. The monoisotopic (exact) mass is 286 g/mol. The van der Waals surface area contributed by atoms with Crippen molar-refractivity contribution in [1.29, 1.82) is 0 Å². The van der Waals surface area contributed by atoms with Crippen LogP contribution < -0.4 is 5.32 Å². The number of rotatable bonds is 5. The molecule has 0 bridgehead atoms. The average Bonchev–Trinajstić information content (AvgIpc) is 2.49. The SMILES string of the molecule is COCc1ccccc1NC(=O)c1ccc(C(=O)O)nc1. The van der Waals surface area contributed by atoms with Crippen LogP contribution in [-0.2, 0) is 11.3 Å². The van der Waals surface area contributed by atoms with Gasteiger partial charge in [-0.3, -0.25) is 4.79 Å². The molecule has 21 heavy (non-hydrogen) atoms. The van der Waals surface area contributed by atoms with E-state index in [1.165, 1.54) is 18.3 Å². The first-order valence-corrected chi connectivity index (χ1v) is 6.19. The molecule has 0 unspecified atom stereocenters. The summed E-state index contributed by atoms with van der Waals surface area (Å²) in [5, 5.41) is 11.5. The summed E-state index contributed by atoms with van der Waals surface area (Å²) >= 11 is 0. The van der Waals surface area contributed by atoms with Gasteiger partial charge in [0.1, 0.15) is 5.69 Å². The molecule has 1 aromatic carbocycles. The number of carboxylic acids is 1. The third-order valence-corrected chi connectivity index (χ3v) is 2.81. The van der Waals surface area contributed by atoms with Gasteiger partial charge in [0.05, 0.1) is 12.2 Å². The van der Waals surface area contributed by atoms with Crippen LogP contribution in [0.3, 0.4) is 0 Å². The summed E-state index contributed by atoms with van der Waals surface area (Å²) in [6, 6.07) is 9.99. The van der Waals surface area contributed by atoms with Crippen LogP contribution in [0.15, 0.2) is 42.6 Å². The number of aromatic carboxylic acids is 1. The van der Waals surface area contributed by atoms with E-state index in [9.17, 15) is 9.59 Å². The maximum atomic E-state index is 12.1. The molecule has 0 aliphatic carbocycles. The number of nitrogens with one attached hydrogen (secondary N) is 1. The molecular weight excluding hydrogens is 272 g/mol. The van der Waals surface area contributed by atoms with Crippen molar-refractivity contribution in [2.24, 2.45) is 0 Å². The average molecular weight is 286 g/mol. The number of nitrogens with zero attached hydrogens (tertiary/aromatic N) is 1. The minimum absolute atomic E-state index is 0.105. The number of methoxy groups -OCH3 is 1. The predicted octanol–water partition coefficient (Wildman–Crippen LogP) is 2.18. The van der Waals surface area contributed by atoms with Gasteiger partial charge in [0.25, 0.3) is 5.91 Å². The molecule has 0 saturated carbocycles. The van der Waals surface area contributed by atoms with Gasteiger partial charge in [-0.15, -0.1) is 0 Å². The number of pyridine rings is 1. The molecule has 108 valence electrons. The van der Waals surface area contributed by atoms with E-state index in [0.717, 1.165) is 5.56 Å². The highest BCUT2D eigenvalue weighted by Crippen LogP contribution is 2.17. The number of carboxylic acid groups (broad SMARTS) is 1.